The third-order valence-electron chi connectivity index (χ3n) is 5.19. The zero-order valence-corrected chi connectivity index (χ0v) is 19.8. The standard InChI is InChI=1S/C25H27N3O5S/c1-19(2)16-24(20-10-5-3-6-11-20)26-25(29)18-27(21-12-9-13-22(17-21)28(30)31)34(32,33)23-14-7-4-8-15-23/h3-15,17,19,24H,16,18H2,1-2H3,(H,26,29)/t24-/m1/s1. The highest BCUT2D eigenvalue weighted by molar-refractivity contribution is 7.92. The van der Waals surface area contributed by atoms with Gasteiger partial charge < -0.3 is 5.32 Å². The molecule has 1 amide bonds. The van der Waals surface area contributed by atoms with Gasteiger partial charge in [-0.3, -0.25) is 19.2 Å². The number of nitro benzene ring substituents is 1. The van der Waals surface area contributed by atoms with Crippen molar-refractivity contribution in [3.63, 3.8) is 0 Å². The molecule has 0 fully saturated rings. The molecule has 0 radical (unpaired) electrons. The summed E-state index contributed by atoms with van der Waals surface area (Å²) in [6.07, 6.45) is 0.665. The maximum absolute atomic E-state index is 13.5. The summed E-state index contributed by atoms with van der Waals surface area (Å²) in [5.74, 6) is -0.230. The van der Waals surface area contributed by atoms with E-state index >= 15 is 0 Å². The van der Waals surface area contributed by atoms with Crippen LogP contribution in [0.4, 0.5) is 11.4 Å². The summed E-state index contributed by atoms with van der Waals surface area (Å²) >= 11 is 0. The largest absolute Gasteiger partial charge is 0.348 e. The molecule has 0 aliphatic heterocycles. The highest BCUT2D eigenvalue weighted by atomic mass is 32.2. The van der Waals surface area contributed by atoms with E-state index in [0.717, 1.165) is 15.9 Å². The number of carbonyl (C=O) groups is 1. The lowest BCUT2D eigenvalue weighted by molar-refractivity contribution is -0.384. The minimum absolute atomic E-state index is 0.0175. The van der Waals surface area contributed by atoms with Gasteiger partial charge in [0.2, 0.25) is 5.91 Å². The molecule has 9 heteroatoms. The smallest absolute Gasteiger partial charge is 0.271 e. The third-order valence-corrected chi connectivity index (χ3v) is 6.98. The van der Waals surface area contributed by atoms with E-state index in [1.165, 1.54) is 30.3 Å². The highest BCUT2D eigenvalue weighted by Crippen LogP contribution is 2.27. The Morgan fingerprint density at radius 1 is 0.971 bits per heavy atom. The number of rotatable bonds is 10. The molecule has 1 atom stereocenters. The van der Waals surface area contributed by atoms with Gasteiger partial charge in [0.05, 0.1) is 21.5 Å². The molecule has 0 unspecified atom stereocenters. The van der Waals surface area contributed by atoms with Crippen LogP contribution in [0.2, 0.25) is 0 Å². The molecule has 0 saturated carbocycles. The summed E-state index contributed by atoms with van der Waals surface area (Å²) in [6, 6.07) is 22.1. The van der Waals surface area contributed by atoms with Crippen molar-refractivity contribution in [3.8, 4) is 0 Å². The van der Waals surface area contributed by atoms with Gasteiger partial charge >= 0.3 is 0 Å². The number of non-ortho nitro benzene ring substituents is 1. The zero-order valence-electron chi connectivity index (χ0n) is 19.0. The minimum Gasteiger partial charge on any atom is -0.348 e. The fraction of sp³-hybridized carbons (Fsp3) is 0.240. The summed E-state index contributed by atoms with van der Waals surface area (Å²) in [5.41, 5.74) is 0.679. The Labute approximate surface area is 199 Å². The summed E-state index contributed by atoms with van der Waals surface area (Å²) in [6.45, 7) is 3.55. The Balaban J connectivity index is 1.96. The van der Waals surface area contributed by atoms with Crippen LogP contribution in [-0.2, 0) is 14.8 Å². The van der Waals surface area contributed by atoms with Crippen LogP contribution in [0.5, 0.6) is 0 Å². The van der Waals surface area contributed by atoms with Crippen molar-refractivity contribution in [2.24, 2.45) is 5.92 Å². The summed E-state index contributed by atoms with van der Waals surface area (Å²) in [7, 11) is -4.17. The minimum atomic E-state index is -4.17. The van der Waals surface area contributed by atoms with Gasteiger partial charge in [0.15, 0.2) is 0 Å². The molecule has 0 aromatic heterocycles. The number of carbonyl (C=O) groups excluding carboxylic acids is 1. The van der Waals surface area contributed by atoms with Gasteiger partial charge in [-0.15, -0.1) is 0 Å². The predicted molar refractivity (Wildman–Crippen MR) is 131 cm³/mol. The van der Waals surface area contributed by atoms with Gasteiger partial charge in [0, 0.05) is 12.1 Å². The predicted octanol–water partition coefficient (Wildman–Crippen LogP) is 4.69. The molecule has 0 aliphatic rings. The first-order chi connectivity index (χ1) is 16.2. The van der Waals surface area contributed by atoms with Crippen LogP contribution in [0.1, 0.15) is 31.9 Å². The average molecular weight is 482 g/mol. The lowest BCUT2D eigenvalue weighted by Crippen LogP contribution is -2.42. The lowest BCUT2D eigenvalue weighted by Gasteiger charge is -2.26. The highest BCUT2D eigenvalue weighted by Gasteiger charge is 2.29. The SMILES string of the molecule is CC(C)C[C@@H](NC(=O)CN(c1cccc([N+](=O)[O-])c1)S(=O)(=O)c1ccccc1)c1ccccc1. The molecular weight excluding hydrogens is 454 g/mol. The molecule has 0 spiro atoms. The number of hydrogen-bond donors (Lipinski definition) is 1. The van der Waals surface area contributed by atoms with E-state index in [2.05, 4.69) is 5.32 Å². The molecule has 0 bridgehead atoms. The monoisotopic (exact) mass is 481 g/mol. The number of benzene rings is 3. The Morgan fingerprint density at radius 3 is 2.18 bits per heavy atom. The number of hydrogen-bond acceptors (Lipinski definition) is 5. The van der Waals surface area contributed by atoms with Crippen LogP contribution >= 0.6 is 0 Å². The topological polar surface area (TPSA) is 110 Å². The number of nitrogens with zero attached hydrogens (tertiary/aromatic N) is 2. The summed E-state index contributed by atoms with van der Waals surface area (Å²) in [4.78, 5) is 23.8. The van der Waals surface area contributed by atoms with E-state index in [1.807, 2.05) is 44.2 Å². The van der Waals surface area contributed by atoms with Crippen molar-refractivity contribution >= 4 is 27.3 Å². The van der Waals surface area contributed by atoms with Crippen LogP contribution in [0.15, 0.2) is 89.8 Å². The Hall–Kier alpha value is -3.72. The second kappa shape index (κ2) is 10.9. The Bertz CT molecular complexity index is 1230. The van der Waals surface area contributed by atoms with Crippen LogP contribution in [0, 0.1) is 16.0 Å². The summed E-state index contributed by atoms with van der Waals surface area (Å²) < 4.78 is 27.8. The maximum atomic E-state index is 13.5. The molecule has 34 heavy (non-hydrogen) atoms. The number of anilines is 1. The number of nitro groups is 1. The van der Waals surface area contributed by atoms with Crippen molar-refractivity contribution in [1.29, 1.82) is 0 Å². The second-order valence-electron chi connectivity index (χ2n) is 8.26. The summed E-state index contributed by atoms with van der Waals surface area (Å²) in [5, 5.41) is 14.2. The molecule has 0 saturated heterocycles. The molecule has 8 nitrogen and oxygen atoms in total. The number of sulfonamides is 1. The van der Waals surface area contributed by atoms with E-state index < -0.39 is 27.4 Å². The Kier molecular flexibility index (Phi) is 8.01. The molecule has 3 aromatic rings. The second-order valence-corrected chi connectivity index (χ2v) is 10.1. The van der Waals surface area contributed by atoms with E-state index in [9.17, 15) is 23.3 Å². The molecule has 1 N–H and O–H groups in total. The number of nitrogens with one attached hydrogen (secondary N) is 1. The van der Waals surface area contributed by atoms with Crippen LogP contribution < -0.4 is 9.62 Å². The Morgan fingerprint density at radius 2 is 1.59 bits per heavy atom. The first-order valence-electron chi connectivity index (χ1n) is 10.8. The first kappa shape index (κ1) is 24.9. The molecule has 3 rings (SSSR count). The average Bonchev–Trinajstić information content (AvgIpc) is 2.83. The molecule has 0 aliphatic carbocycles. The fourth-order valence-corrected chi connectivity index (χ4v) is 5.04. The maximum Gasteiger partial charge on any atom is 0.271 e. The van der Waals surface area contributed by atoms with Crippen molar-refractivity contribution in [1.82, 2.24) is 5.32 Å². The van der Waals surface area contributed by atoms with Gasteiger partial charge in [-0.25, -0.2) is 8.42 Å². The van der Waals surface area contributed by atoms with E-state index in [0.29, 0.717) is 6.42 Å². The van der Waals surface area contributed by atoms with Crippen molar-refractivity contribution < 1.29 is 18.1 Å². The van der Waals surface area contributed by atoms with Crippen LogP contribution in [-0.4, -0.2) is 25.8 Å². The molecule has 3 aromatic carbocycles. The lowest BCUT2D eigenvalue weighted by atomic mass is 9.97. The van der Waals surface area contributed by atoms with Crippen LogP contribution in [0.3, 0.4) is 0 Å². The van der Waals surface area contributed by atoms with E-state index in [4.69, 9.17) is 0 Å². The van der Waals surface area contributed by atoms with E-state index in [1.54, 1.807) is 18.2 Å². The van der Waals surface area contributed by atoms with Gasteiger partial charge in [0.25, 0.3) is 15.7 Å². The fourth-order valence-electron chi connectivity index (χ4n) is 3.60. The number of amides is 1. The van der Waals surface area contributed by atoms with Gasteiger partial charge in [-0.2, -0.15) is 0 Å². The van der Waals surface area contributed by atoms with Crippen molar-refractivity contribution in [3.05, 3.63) is 101 Å². The normalized spacial score (nSPS) is 12.2. The van der Waals surface area contributed by atoms with Crippen molar-refractivity contribution in [2.75, 3.05) is 10.8 Å². The van der Waals surface area contributed by atoms with Crippen molar-refractivity contribution in [2.45, 2.75) is 31.2 Å². The molecule has 0 heterocycles. The third kappa shape index (κ3) is 6.20. The van der Waals surface area contributed by atoms with Gasteiger partial charge in [0.1, 0.15) is 6.54 Å². The van der Waals surface area contributed by atoms with Crippen LogP contribution in [0.25, 0.3) is 0 Å². The first-order valence-corrected chi connectivity index (χ1v) is 12.3. The molecular formula is C25H27N3O5S. The zero-order chi connectivity index (χ0) is 24.7. The van der Waals surface area contributed by atoms with E-state index in [-0.39, 0.29) is 28.2 Å². The van der Waals surface area contributed by atoms with Gasteiger partial charge in [-0.05, 0) is 36.1 Å². The quantitative estimate of drug-likeness (QED) is 0.334. The van der Waals surface area contributed by atoms with Gasteiger partial charge in [-0.1, -0.05) is 68.4 Å². The molecule has 178 valence electrons.